The zero-order valence-electron chi connectivity index (χ0n) is 11.9. The predicted molar refractivity (Wildman–Crippen MR) is 88.7 cm³/mol. The number of aromatic nitrogens is 4. The fraction of sp³-hybridized carbons (Fsp3) is 0.0625. The van der Waals surface area contributed by atoms with E-state index < -0.39 is 0 Å². The first kappa shape index (κ1) is 13.0. The van der Waals surface area contributed by atoms with Gasteiger partial charge in [0.1, 0.15) is 5.01 Å². The van der Waals surface area contributed by atoms with Gasteiger partial charge in [0.05, 0.1) is 11.3 Å². The Kier molecular flexibility index (Phi) is 2.90. The van der Waals surface area contributed by atoms with Crippen LogP contribution in [0, 0.1) is 6.92 Å². The van der Waals surface area contributed by atoms with Crippen molar-refractivity contribution in [2.75, 3.05) is 5.73 Å². The molecule has 4 rings (SSSR count). The van der Waals surface area contributed by atoms with Crippen molar-refractivity contribution in [2.24, 2.45) is 0 Å². The lowest BCUT2D eigenvalue weighted by Crippen LogP contribution is -1.96. The molecule has 0 aliphatic rings. The second-order valence-electron chi connectivity index (χ2n) is 4.99. The molecule has 1 aromatic carbocycles. The minimum absolute atomic E-state index is 0.449. The molecule has 0 atom stereocenters. The third kappa shape index (κ3) is 1.96. The van der Waals surface area contributed by atoms with Gasteiger partial charge in [-0.3, -0.25) is 0 Å². The molecule has 0 saturated heterocycles. The van der Waals surface area contributed by atoms with Gasteiger partial charge in [0.15, 0.2) is 11.5 Å². The standard InChI is InChI=1S/C16H13N5S/c1-10-9-22-16(19-10)13-14(17)20-21-12(7-8-18-15(13)21)11-5-3-2-4-6-11/h2-9H,1H3,(H2,17,20). The van der Waals surface area contributed by atoms with Crippen molar-refractivity contribution >= 4 is 22.8 Å². The van der Waals surface area contributed by atoms with Gasteiger partial charge >= 0.3 is 0 Å². The second kappa shape index (κ2) is 4.92. The number of hydrogen-bond donors (Lipinski definition) is 1. The molecule has 6 heteroatoms. The highest BCUT2D eigenvalue weighted by molar-refractivity contribution is 7.13. The van der Waals surface area contributed by atoms with Gasteiger partial charge in [-0.15, -0.1) is 16.4 Å². The first-order chi connectivity index (χ1) is 10.7. The Hall–Kier alpha value is -2.73. The monoisotopic (exact) mass is 307 g/mol. The van der Waals surface area contributed by atoms with Crippen LogP contribution >= 0.6 is 11.3 Å². The molecule has 2 N–H and O–H groups in total. The van der Waals surface area contributed by atoms with E-state index in [9.17, 15) is 0 Å². The molecule has 0 amide bonds. The summed E-state index contributed by atoms with van der Waals surface area (Å²) < 4.78 is 1.79. The highest BCUT2D eigenvalue weighted by Gasteiger charge is 2.18. The highest BCUT2D eigenvalue weighted by Crippen LogP contribution is 2.33. The van der Waals surface area contributed by atoms with E-state index in [1.807, 2.05) is 48.7 Å². The van der Waals surface area contributed by atoms with Gasteiger partial charge < -0.3 is 5.73 Å². The molecule has 4 aromatic rings. The van der Waals surface area contributed by atoms with Crippen molar-refractivity contribution in [1.82, 2.24) is 19.6 Å². The molecule has 0 unspecified atom stereocenters. The van der Waals surface area contributed by atoms with Crippen LogP contribution in [-0.2, 0) is 0 Å². The number of aryl methyl sites for hydroxylation is 1. The van der Waals surface area contributed by atoms with Crippen molar-refractivity contribution in [2.45, 2.75) is 6.92 Å². The van der Waals surface area contributed by atoms with Crippen LogP contribution < -0.4 is 5.73 Å². The van der Waals surface area contributed by atoms with E-state index in [0.29, 0.717) is 5.82 Å². The van der Waals surface area contributed by atoms with Crippen LogP contribution in [0.25, 0.3) is 27.5 Å². The molecule has 22 heavy (non-hydrogen) atoms. The minimum Gasteiger partial charge on any atom is -0.382 e. The van der Waals surface area contributed by atoms with Crippen LogP contribution in [-0.4, -0.2) is 19.6 Å². The summed E-state index contributed by atoms with van der Waals surface area (Å²) in [6, 6.07) is 12.0. The molecular formula is C16H13N5S. The number of rotatable bonds is 2. The van der Waals surface area contributed by atoms with Gasteiger partial charge in [0.2, 0.25) is 0 Å². The SMILES string of the molecule is Cc1csc(-c2c(N)nn3c(-c4ccccc4)ccnc23)n1. The van der Waals surface area contributed by atoms with Gasteiger partial charge in [0, 0.05) is 22.8 Å². The highest BCUT2D eigenvalue weighted by atomic mass is 32.1. The lowest BCUT2D eigenvalue weighted by Gasteiger charge is -2.04. The topological polar surface area (TPSA) is 69.1 Å². The van der Waals surface area contributed by atoms with Crippen LogP contribution in [0.3, 0.4) is 0 Å². The summed E-state index contributed by atoms with van der Waals surface area (Å²) in [6.07, 6.45) is 1.78. The molecule has 0 aliphatic heterocycles. The molecule has 0 radical (unpaired) electrons. The van der Waals surface area contributed by atoms with Gasteiger partial charge in [-0.1, -0.05) is 30.3 Å². The second-order valence-corrected chi connectivity index (χ2v) is 5.84. The predicted octanol–water partition coefficient (Wildman–Crippen LogP) is 3.41. The quantitative estimate of drug-likeness (QED) is 0.616. The zero-order valence-corrected chi connectivity index (χ0v) is 12.7. The largest absolute Gasteiger partial charge is 0.382 e. The number of fused-ring (bicyclic) bond motifs is 1. The summed E-state index contributed by atoms with van der Waals surface area (Å²) in [4.78, 5) is 8.97. The van der Waals surface area contributed by atoms with Crippen LogP contribution in [0.15, 0.2) is 48.0 Å². The van der Waals surface area contributed by atoms with E-state index in [-0.39, 0.29) is 0 Å². The van der Waals surface area contributed by atoms with Crippen molar-refractivity contribution < 1.29 is 0 Å². The lowest BCUT2D eigenvalue weighted by molar-refractivity contribution is 0.954. The van der Waals surface area contributed by atoms with E-state index in [1.165, 1.54) is 0 Å². The molecular weight excluding hydrogens is 294 g/mol. The summed E-state index contributed by atoms with van der Waals surface area (Å²) in [6.45, 7) is 1.96. The Bertz CT molecular complexity index is 955. The third-order valence-corrected chi connectivity index (χ3v) is 4.43. The van der Waals surface area contributed by atoms with Crippen LogP contribution in [0.1, 0.15) is 5.69 Å². The van der Waals surface area contributed by atoms with Gasteiger partial charge in [-0.05, 0) is 13.0 Å². The molecule has 0 saturated carbocycles. The number of anilines is 1. The fourth-order valence-corrected chi connectivity index (χ4v) is 3.31. The third-order valence-electron chi connectivity index (χ3n) is 3.45. The number of hydrogen-bond acceptors (Lipinski definition) is 5. The average Bonchev–Trinajstić information content (AvgIpc) is 3.10. The van der Waals surface area contributed by atoms with Crippen molar-refractivity contribution in [3.63, 3.8) is 0 Å². The summed E-state index contributed by atoms with van der Waals surface area (Å²) in [5.74, 6) is 0.449. The van der Waals surface area contributed by atoms with E-state index in [1.54, 1.807) is 22.0 Å². The van der Waals surface area contributed by atoms with Crippen molar-refractivity contribution in [1.29, 1.82) is 0 Å². The van der Waals surface area contributed by atoms with E-state index in [0.717, 1.165) is 33.2 Å². The molecule has 3 heterocycles. The first-order valence-corrected chi connectivity index (χ1v) is 7.73. The van der Waals surface area contributed by atoms with Crippen LogP contribution in [0.5, 0.6) is 0 Å². The maximum atomic E-state index is 6.14. The summed E-state index contributed by atoms with van der Waals surface area (Å²) in [7, 11) is 0. The number of nitrogens with two attached hydrogens (primary N) is 1. The van der Waals surface area contributed by atoms with E-state index in [2.05, 4.69) is 15.1 Å². The molecule has 0 spiro atoms. The Morgan fingerprint density at radius 2 is 1.95 bits per heavy atom. The fourth-order valence-electron chi connectivity index (χ4n) is 2.46. The normalized spacial score (nSPS) is 11.1. The minimum atomic E-state index is 0.449. The maximum absolute atomic E-state index is 6.14. The average molecular weight is 307 g/mol. The molecule has 108 valence electrons. The molecule has 3 aromatic heterocycles. The number of nitrogens with zero attached hydrogens (tertiary/aromatic N) is 4. The van der Waals surface area contributed by atoms with Gasteiger partial charge in [0.25, 0.3) is 0 Å². The molecule has 5 nitrogen and oxygen atoms in total. The van der Waals surface area contributed by atoms with E-state index in [4.69, 9.17) is 5.73 Å². The van der Waals surface area contributed by atoms with Gasteiger partial charge in [-0.2, -0.15) is 0 Å². The number of benzene rings is 1. The van der Waals surface area contributed by atoms with Crippen molar-refractivity contribution in [3.8, 4) is 21.8 Å². The number of nitrogen functional groups attached to an aromatic ring is 1. The van der Waals surface area contributed by atoms with Crippen molar-refractivity contribution in [3.05, 3.63) is 53.7 Å². The molecule has 0 fully saturated rings. The summed E-state index contributed by atoms with van der Waals surface area (Å²) in [5, 5.41) is 7.32. The van der Waals surface area contributed by atoms with E-state index >= 15 is 0 Å². The maximum Gasteiger partial charge on any atom is 0.168 e. The first-order valence-electron chi connectivity index (χ1n) is 6.85. The van der Waals surface area contributed by atoms with Gasteiger partial charge in [-0.25, -0.2) is 14.5 Å². The summed E-state index contributed by atoms with van der Waals surface area (Å²) >= 11 is 1.55. The van der Waals surface area contributed by atoms with Crippen LogP contribution in [0.2, 0.25) is 0 Å². The Labute approximate surface area is 131 Å². The Balaban J connectivity index is 2.00. The Morgan fingerprint density at radius 1 is 1.14 bits per heavy atom. The smallest absolute Gasteiger partial charge is 0.168 e. The molecule has 0 aliphatic carbocycles. The van der Waals surface area contributed by atoms with Crippen LogP contribution in [0.4, 0.5) is 5.82 Å². The lowest BCUT2D eigenvalue weighted by atomic mass is 10.1. The zero-order chi connectivity index (χ0) is 15.1. The Morgan fingerprint density at radius 3 is 2.68 bits per heavy atom. The molecule has 0 bridgehead atoms. The number of thiazole rings is 1. The summed E-state index contributed by atoms with van der Waals surface area (Å²) in [5.41, 5.74) is 10.7.